The van der Waals surface area contributed by atoms with E-state index < -0.39 is 0 Å². The molecule has 0 aliphatic rings. The van der Waals surface area contributed by atoms with Gasteiger partial charge < -0.3 is 14.6 Å². The number of benzene rings is 1. The quantitative estimate of drug-likeness (QED) is 0.769. The largest absolute Gasteiger partial charge is 0.497 e. The Morgan fingerprint density at radius 2 is 1.95 bits per heavy atom. The molecule has 3 heteroatoms. The predicted molar refractivity (Wildman–Crippen MR) is 82.7 cm³/mol. The summed E-state index contributed by atoms with van der Waals surface area (Å²) in [4.78, 5) is 0. The van der Waals surface area contributed by atoms with Crippen molar-refractivity contribution in [1.29, 1.82) is 0 Å². The zero-order valence-electron chi connectivity index (χ0n) is 13.4. The Bertz CT molecular complexity index is 407. The number of aliphatic hydroxyl groups is 1. The number of ether oxygens (including phenoxy) is 2. The van der Waals surface area contributed by atoms with Gasteiger partial charge in [-0.3, -0.25) is 0 Å². The highest BCUT2D eigenvalue weighted by atomic mass is 16.5. The Kier molecular flexibility index (Phi) is 6.34. The molecule has 1 aromatic carbocycles. The van der Waals surface area contributed by atoms with Crippen LogP contribution in [0, 0.1) is 0 Å². The van der Waals surface area contributed by atoms with E-state index in [1.54, 1.807) is 7.11 Å². The van der Waals surface area contributed by atoms with E-state index in [0.717, 1.165) is 36.3 Å². The van der Waals surface area contributed by atoms with Crippen LogP contribution in [-0.4, -0.2) is 24.9 Å². The lowest BCUT2D eigenvalue weighted by atomic mass is 9.86. The van der Waals surface area contributed by atoms with Crippen molar-refractivity contribution in [2.75, 3.05) is 13.7 Å². The Morgan fingerprint density at radius 1 is 1.25 bits per heavy atom. The number of hydrogen-bond acceptors (Lipinski definition) is 3. The molecule has 20 heavy (non-hydrogen) atoms. The van der Waals surface area contributed by atoms with E-state index in [4.69, 9.17) is 9.47 Å². The van der Waals surface area contributed by atoms with Gasteiger partial charge in [0.1, 0.15) is 11.5 Å². The van der Waals surface area contributed by atoms with Crippen molar-refractivity contribution in [2.24, 2.45) is 0 Å². The molecule has 0 aliphatic heterocycles. The van der Waals surface area contributed by atoms with Crippen LogP contribution in [0.3, 0.4) is 0 Å². The molecule has 0 aromatic heterocycles. The summed E-state index contributed by atoms with van der Waals surface area (Å²) in [7, 11) is 1.68. The van der Waals surface area contributed by atoms with Gasteiger partial charge in [-0.15, -0.1) is 0 Å². The van der Waals surface area contributed by atoms with Crippen molar-refractivity contribution in [3.05, 3.63) is 23.8 Å². The van der Waals surface area contributed by atoms with Crippen LogP contribution in [0.4, 0.5) is 0 Å². The van der Waals surface area contributed by atoms with E-state index in [1.165, 1.54) is 0 Å². The molecule has 1 atom stereocenters. The molecule has 0 saturated carbocycles. The lowest BCUT2D eigenvalue weighted by Gasteiger charge is -2.23. The zero-order valence-corrected chi connectivity index (χ0v) is 13.4. The van der Waals surface area contributed by atoms with Crippen LogP contribution in [0.15, 0.2) is 18.2 Å². The van der Waals surface area contributed by atoms with Crippen LogP contribution >= 0.6 is 0 Å². The molecule has 0 amide bonds. The van der Waals surface area contributed by atoms with Gasteiger partial charge in [-0.05, 0) is 42.9 Å². The molecule has 0 spiro atoms. The highest BCUT2D eigenvalue weighted by molar-refractivity contribution is 5.44. The van der Waals surface area contributed by atoms with Crippen molar-refractivity contribution in [3.63, 3.8) is 0 Å². The first-order valence-electron chi connectivity index (χ1n) is 7.38. The van der Waals surface area contributed by atoms with E-state index in [0.29, 0.717) is 6.61 Å². The molecular formula is C17H28O3. The van der Waals surface area contributed by atoms with Gasteiger partial charge in [0.05, 0.1) is 19.8 Å². The molecule has 0 aliphatic carbocycles. The lowest BCUT2D eigenvalue weighted by Crippen LogP contribution is -2.14. The average molecular weight is 280 g/mol. The second kappa shape index (κ2) is 7.53. The van der Waals surface area contributed by atoms with Crippen LogP contribution in [0.25, 0.3) is 0 Å². The van der Waals surface area contributed by atoms with Crippen LogP contribution in [0.5, 0.6) is 11.5 Å². The minimum atomic E-state index is -0.212. The second-order valence-corrected chi connectivity index (χ2v) is 6.16. The Labute approximate surface area is 122 Å². The third-order valence-electron chi connectivity index (χ3n) is 3.41. The number of rotatable bonds is 7. The first kappa shape index (κ1) is 16.8. The fraction of sp³-hybridized carbons (Fsp3) is 0.647. The molecule has 1 rings (SSSR count). The van der Waals surface area contributed by atoms with E-state index in [1.807, 2.05) is 25.1 Å². The van der Waals surface area contributed by atoms with Gasteiger partial charge in [0, 0.05) is 5.56 Å². The minimum absolute atomic E-state index is 0.00675. The number of aliphatic hydroxyl groups excluding tert-OH is 1. The van der Waals surface area contributed by atoms with Gasteiger partial charge >= 0.3 is 0 Å². The van der Waals surface area contributed by atoms with Gasteiger partial charge in [0.25, 0.3) is 0 Å². The first-order chi connectivity index (χ1) is 9.38. The number of hydrogen-bond donors (Lipinski definition) is 1. The van der Waals surface area contributed by atoms with E-state index in [2.05, 4.69) is 20.8 Å². The molecule has 0 fully saturated rings. The smallest absolute Gasteiger partial charge is 0.123 e. The standard InChI is InChI=1S/C17H28O3/c1-6-13(18)8-7-11-20-16-10-9-14(19-5)12-15(16)17(2,3)4/h9-10,12-13,18H,6-8,11H2,1-5H3. The summed E-state index contributed by atoms with van der Waals surface area (Å²) in [5.41, 5.74) is 1.15. The van der Waals surface area contributed by atoms with Gasteiger partial charge in [0.2, 0.25) is 0 Å². The second-order valence-electron chi connectivity index (χ2n) is 6.16. The first-order valence-corrected chi connectivity index (χ1v) is 7.38. The molecule has 0 radical (unpaired) electrons. The maximum atomic E-state index is 9.54. The SMILES string of the molecule is CCC(O)CCCOc1ccc(OC)cc1C(C)(C)C. The summed E-state index contributed by atoms with van der Waals surface area (Å²) in [6.45, 7) is 9.11. The van der Waals surface area contributed by atoms with Crippen LogP contribution in [-0.2, 0) is 5.41 Å². The van der Waals surface area contributed by atoms with Crippen molar-refractivity contribution in [3.8, 4) is 11.5 Å². The van der Waals surface area contributed by atoms with Crippen LogP contribution < -0.4 is 9.47 Å². The van der Waals surface area contributed by atoms with Gasteiger partial charge in [-0.25, -0.2) is 0 Å². The normalized spacial score (nSPS) is 13.1. The predicted octanol–water partition coefficient (Wildman–Crippen LogP) is 3.92. The summed E-state index contributed by atoms with van der Waals surface area (Å²) in [6, 6.07) is 5.93. The Balaban J connectivity index is 2.69. The average Bonchev–Trinajstić information content (AvgIpc) is 2.42. The third kappa shape index (κ3) is 5.04. The van der Waals surface area contributed by atoms with Crippen LogP contribution in [0.1, 0.15) is 52.5 Å². The van der Waals surface area contributed by atoms with Crippen molar-refractivity contribution < 1.29 is 14.6 Å². The summed E-state index contributed by atoms with van der Waals surface area (Å²) in [5.74, 6) is 1.76. The maximum Gasteiger partial charge on any atom is 0.123 e. The monoisotopic (exact) mass is 280 g/mol. The maximum absolute atomic E-state index is 9.54. The molecule has 0 heterocycles. The van der Waals surface area contributed by atoms with Gasteiger partial charge in [-0.1, -0.05) is 27.7 Å². The Hall–Kier alpha value is -1.22. The van der Waals surface area contributed by atoms with E-state index in [-0.39, 0.29) is 11.5 Å². The summed E-state index contributed by atoms with van der Waals surface area (Å²) < 4.78 is 11.2. The number of methoxy groups -OCH3 is 1. The van der Waals surface area contributed by atoms with Gasteiger partial charge in [-0.2, -0.15) is 0 Å². The van der Waals surface area contributed by atoms with Crippen molar-refractivity contribution in [2.45, 2.75) is 58.5 Å². The molecule has 3 nitrogen and oxygen atoms in total. The molecule has 1 N–H and O–H groups in total. The van der Waals surface area contributed by atoms with Gasteiger partial charge in [0.15, 0.2) is 0 Å². The highest BCUT2D eigenvalue weighted by Gasteiger charge is 2.20. The molecule has 114 valence electrons. The zero-order chi connectivity index (χ0) is 15.2. The topological polar surface area (TPSA) is 38.7 Å². The molecule has 1 aromatic rings. The Morgan fingerprint density at radius 3 is 2.50 bits per heavy atom. The lowest BCUT2D eigenvalue weighted by molar-refractivity contribution is 0.148. The minimum Gasteiger partial charge on any atom is -0.497 e. The summed E-state index contributed by atoms with van der Waals surface area (Å²) in [5, 5.41) is 9.54. The van der Waals surface area contributed by atoms with E-state index in [9.17, 15) is 5.11 Å². The summed E-state index contributed by atoms with van der Waals surface area (Å²) >= 11 is 0. The third-order valence-corrected chi connectivity index (χ3v) is 3.41. The fourth-order valence-corrected chi connectivity index (χ4v) is 2.05. The molecule has 0 bridgehead atoms. The fourth-order valence-electron chi connectivity index (χ4n) is 2.05. The summed E-state index contributed by atoms with van der Waals surface area (Å²) in [6.07, 6.45) is 2.24. The van der Waals surface area contributed by atoms with E-state index >= 15 is 0 Å². The molecule has 1 unspecified atom stereocenters. The van der Waals surface area contributed by atoms with Crippen molar-refractivity contribution >= 4 is 0 Å². The highest BCUT2D eigenvalue weighted by Crippen LogP contribution is 2.34. The van der Waals surface area contributed by atoms with Crippen LogP contribution in [0.2, 0.25) is 0 Å². The molecule has 0 saturated heterocycles. The molecular weight excluding hydrogens is 252 g/mol. The van der Waals surface area contributed by atoms with Crippen molar-refractivity contribution in [1.82, 2.24) is 0 Å².